The van der Waals surface area contributed by atoms with Crippen LogP contribution in [0, 0.1) is 21.4 Å². The van der Waals surface area contributed by atoms with Crippen LogP contribution in [0.15, 0.2) is 48.8 Å². The van der Waals surface area contributed by atoms with Crippen LogP contribution in [0.3, 0.4) is 0 Å². The Kier molecular flexibility index (Phi) is 4.48. The van der Waals surface area contributed by atoms with Crippen LogP contribution in [-0.2, 0) is 16.1 Å². The van der Waals surface area contributed by atoms with Gasteiger partial charge in [-0.3, -0.25) is 29.4 Å². The molecule has 4 rings (SSSR count). The third-order valence-electron chi connectivity index (χ3n) is 4.72. The highest BCUT2D eigenvalue weighted by Gasteiger charge is 2.41. The Balaban J connectivity index is 1.50. The SMILES string of the molecule is N#Cc1c(COC(=O)CN2C(=O)c3cccc([N+](=O)[O-])c3C2=O)cn2ccccc12. The first-order chi connectivity index (χ1) is 14.4. The Hall–Kier alpha value is -4.52. The molecular formula is C20H12N4O6. The lowest BCUT2D eigenvalue weighted by Gasteiger charge is -2.12. The van der Waals surface area contributed by atoms with E-state index in [2.05, 4.69) is 6.07 Å². The molecular weight excluding hydrogens is 392 g/mol. The number of esters is 1. The molecule has 0 N–H and O–H groups in total. The smallest absolute Gasteiger partial charge is 0.326 e. The summed E-state index contributed by atoms with van der Waals surface area (Å²) >= 11 is 0. The van der Waals surface area contributed by atoms with Gasteiger partial charge in [0, 0.05) is 24.0 Å². The number of pyridine rings is 1. The lowest BCUT2D eigenvalue weighted by Crippen LogP contribution is -2.35. The lowest BCUT2D eigenvalue weighted by atomic mass is 10.1. The molecule has 3 heterocycles. The number of imide groups is 1. The number of nitro groups is 1. The fourth-order valence-corrected chi connectivity index (χ4v) is 3.36. The minimum atomic E-state index is -0.924. The summed E-state index contributed by atoms with van der Waals surface area (Å²) in [6.07, 6.45) is 3.39. The summed E-state index contributed by atoms with van der Waals surface area (Å²) in [5, 5.41) is 20.5. The zero-order chi connectivity index (χ0) is 21.4. The van der Waals surface area contributed by atoms with Gasteiger partial charge < -0.3 is 9.14 Å². The van der Waals surface area contributed by atoms with Crippen LogP contribution in [0.1, 0.15) is 31.8 Å². The average Bonchev–Trinajstić information content (AvgIpc) is 3.22. The number of nitrogens with zero attached hydrogens (tertiary/aromatic N) is 4. The Morgan fingerprint density at radius 1 is 1.17 bits per heavy atom. The third kappa shape index (κ3) is 2.94. The number of ether oxygens (including phenoxy) is 1. The van der Waals surface area contributed by atoms with Crippen molar-refractivity contribution in [3.63, 3.8) is 0 Å². The normalized spacial score (nSPS) is 12.7. The van der Waals surface area contributed by atoms with E-state index in [1.807, 2.05) is 0 Å². The summed E-state index contributed by atoms with van der Waals surface area (Å²) in [7, 11) is 0. The number of rotatable bonds is 5. The Morgan fingerprint density at radius 3 is 2.70 bits per heavy atom. The summed E-state index contributed by atoms with van der Waals surface area (Å²) in [5.41, 5.74) is 0.493. The summed E-state index contributed by atoms with van der Waals surface area (Å²) in [4.78, 5) is 48.2. The van der Waals surface area contributed by atoms with Crippen LogP contribution in [0.25, 0.3) is 5.52 Å². The fourth-order valence-electron chi connectivity index (χ4n) is 3.36. The van der Waals surface area contributed by atoms with E-state index < -0.39 is 34.9 Å². The van der Waals surface area contributed by atoms with Crippen LogP contribution < -0.4 is 0 Å². The molecule has 0 spiro atoms. The Bertz CT molecular complexity index is 1290. The van der Waals surface area contributed by atoms with E-state index in [1.54, 1.807) is 35.0 Å². The van der Waals surface area contributed by atoms with Crippen molar-refractivity contribution in [2.24, 2.45) is 0 Å². The van der Waals surface area contributed by atoms with Crippen molar-refractivity contribution in [3.05, 3.63) is 81.2 Å². The van der Waals surface area contributed by atoms with Gasteiger partial charge in [0.2, 0.25) is 0 Å². The van der Waals surface area contributed by atoms with Gasteiger partial charge in [0.25, 0.3) is 17.5 Å². The summed E-state index contributed by atoms with van der Waals surface area (Å²) in [5.74, 6) is -2.61. The van der Waals surface area contributed by atoms with Gasteiger partial charge in [-0.2, -0.15) is 5.26 Å². The van der Waals surface area contributed by atoms with E-state index in [-0.39, 0.29) is 17.7 Å². The van der Waals surface area contributed by atoms with Gasteiger partial charge in [-0.25, -0.2) is 0 Å². The van der Waals surface area contributed by atoms with Crippen LogP contribution in [0.4, 0.5) is 5.69 Å². The number of fused-ring (bicyclic) bond motifs is 2. The molecule has 2 amide bonds. The van der Waals surface area contributed by atoms with E-state index in [0.717, 1.165) is 6.07 Å². The number of hydrogen-bond acceptors (Lipinski definition) is 7. The summed E-state index contributed by atoms with van der Waals surface area (Å²) < 4.78 is 6.87. The van der Waals surface area contributed by atoms with Gasteiger partial charge in [0.1, 0.15) is 24.8 Å². The number of hydrogen-bond donors (Lipinski definition) is 0. The maximum atomic E-state index is 12.5. The summed E-state index contributed by atoms with van der Waals surface area (Å²) in [6.45, 7) is -0.925. The molecule has 3 aromatic rings. The van der Waals surface area contributed by atoms with E-state index in [0.29, 0.717) is 21.5 Å². The molecule has 0 fully saturated rings. The minimum Gasteiger partial charge on any atom is -0.459 e. The molecule has 0 atom stereocenters. The number of nitro benzene ring substituents is 1. The molecule has 1 aromatic carbocycles. The first-order valence-corrected chi connectivity index (χ1v) is 8.70. The number of carbonyl (C=O) groups excluding carboxylic acids is 3. The first-order valence-electron chi connectivity index (χ1n) is 8.70. The van der Waals surface area contributed by atoms with Gasteiger partial charge in [0.05, 0.1) is 21.6 Å². The molecule has 0 unspecified atom stereocenters. The quantitative estimate of drug-likeness (QED) is 0.275. The second-order valence-electron chi connectivity index (χ2n) is 6.45. The number of aromatic nitrogens is 1. The highest BCUT2D eigenvalue weighted by Crippen LogP contribution is 2.30. The zero-order valence-corrected chi connectivity index (χ0v) is 15.3. The number of carbonyl (C=O) groups is 3. The molecule has 0 saturated carbocycles. The molecule has 0 aliphatic carbocycles. The fraction of sp³-hybridized carbons (Fsp3) is 0.100. The molecule has 0 bridgehead atoms. The van der Waals surface area contributed by atoms with Crippen LogP contribution in [0.5, 0.6) is 0 Å². The van der Waals surface area contributed by atoms with Crippen molar-refractivity contribution < 1.29 is 24.0 Å². The molecule has 1 aliphatic heterocycles. The monoisotopic (exact) mass is 404 g/mol. The molecule has 148 valence electrons. The predicted molar refractivity (Wildman–Crippen MR) is 100 cm³/mol. The first kappa shape index (κ1) is 18.8. The van der Waals surface area contributed by atoms with E-state index in [9.17, 15) is 29.8 Å². The van der Waals surface area contributed by atoms with Crippen molar-refractivity contribution in [3.8, 4) is 6.07 Å². The van der Waals surface area contributed by atoms with Crippen LogP contribution >= 0.6 is 0 Å². The van der Waals surface area contributed by atoms with Crippen molar-refractivity contribution >= 4 is 29.0 Å². The summed E-state index contributed by atoms with van der Waals surface area (Å²) in [6, 6.07) is 11.1. The minimum absolute atomic E-state index is 0.132. The standard InChI is InChI=1S/C20H12N4O6/c21-8-14-12(9-22-7-2-1-5-15(14)22)11-30-17(25)10-23-19(26)13-4-3-6-16(24(28)29)18(13)20(23)27/h1-7,9H,10-11H2. The lowest BCUT2D eigenvalue weighted by molar-refractivity contribution is -0.385. The van der Waals surface area contributed by atoms with Gasteiger partial charge in [-0.15, -0.1) is 0 Å². The molecule has 0 radical (unpaired) electrons. The third-order valence-corrected chi connectivity index (χ3v) is 4.72. The van der Waals surface area contributed by atoms with Crippen molar-refractivity contribution in [2.75, 3.05) is 6.54 Å². The van der Waals surface area contributed by atoms with E-state index in [4.69, 9.17) is 4.74 Å². The molecule has 30 heavy (non-hydrogen) atoms. The van der Waals surface area contributed by atoms with Gasteiger partial charge in [-0.1, -0.05) is 12.1 Å². The van der Waals surface area contributed by atoms with Crippen molar-refractivity contribution in [1.82, 2.24) is 9.30 Å². The molecule has 0 saturated heterocycles. The van der Waals surface area contributed by atoms with Crippen LogP contribution in [0.2, 0.25) is 0 Å². The molecule has 10 heteroatoms. The maximum Gasteiger partial charge on any atom is 0.326 e. The molecule has 1 aliphatic rings. The Morgan fingerprint density at radius 2 is 1.97 bits per heavy atom. The van der Waals surface area contributed by atoms with Gasteiger partial charge in [0.15, 0.2) is 0 Å². The van der Waals surface area contributed by atoms with Gasteiger partial charge in [-0.05, 0) is 18.2 Å². The zero-order valence-electron chi connectivity index (χ0n) is 15.3. The second-order valence-corrected chi connectivity index (χ2v) is 6.45. The highest BCUT2D eigenvalue weighted by molar-refractivity contribution is 6.24. The van der Waals surface area contributed by atoms with Crippen molar-refractivity contribution in [1.29, 1.82) is 5.26 Å². The predicted octanol–water partition coefficient (Wildman–Crippen LogP) is 2.06. The molecule has 2 aromatic heterocycles. The largest absolute Gasteiger partial charge is 0.459 e. The van der Waals surface area contributed by atoms with E-state index >= 15 is 0 Å². The highest BCUT2D eigenvalue weighted by atomic mass is 16.6. The number of nitriles is 1. The Labute approximate surface area is 168 Å². The molecule has 10 nitrogen and oxygen atoms in total. The van der Waals surface area contributed by atoms with Crippen LogP contribution in [-0.4, -0.2) is 38.6 Å². The topological polar surface area (TPSA) is 135 Å². The maximum absolute atomic E-state index is 12.5. The van der Waals surface area contributed by atoms with Crippen molar-refractivity contribution in [2.45, 2.75) is 6.61 Å². The average molecular weight is 404 g/mol. The number of amides is 2. The van der Waals surface area contributed by atoms with E-state index in [1.165, 1.54) is 12.1 Å². The van der Waals surface area contributed by atoms with Gasteiger partial charge >= 0.3 is 5.97 Å². The number of benzene rings is 1. The second kappa shape index (κ2) is 7.14.